The first-order valence-electron chi connectivity index (χ1n) is 7.00. The number of primary sulfonamides is 1. The summed E-state index contributed by atoms with van der Waals surface area (Å²) < 4.78 is 55.2. The Hall–Kier alpha value is -2.10. The van der Waals surface area contributed by atoms with Gasteiger partial charge in [-0.05, 0) is 42.3 Å². The van der Waals surface area contributed by atoms with Crippen LogP contribution in [-0.2, 0) is 26.5 Å². The Kier molecular flexibility index (Phi) is 5.16. The van der Waals surface area contributed by atoms with Gasteiger partial charge in [0.2, 0.25) is 10.0 Å². The molecule has 0 radical (unpaired) electrons. The summed E-state index contributed by atoms with van der Waals surface area (Å²) in [6, 6.07) is 10.3. The van der Waals surface area contributed by atoms with Crippen molar-refractivity contribution < 1.29 is 21.6 Å². The Morgan fingerprint density at radius 1 is 1.04 bits per heavy atom. The zero-order chi connectivity index (χ0) is 18.0. The van der Waals surface area contributed by atoms with Crippen LogP contribution in [0.5, 0.6) is 5.75 Å². The van der Waals surface area contributed by atoms with Crippen molar-refractivity contribution in [2.24, 2.45) is 5.14 Å². The van der Waals surface area contributed by atoms with Gasteiger partial charge in [0.25, 0.3) is 10.0 Å². The summed E-state index contributed by atoms with van der Waals surface area (Å²) in [5.74, 6) is 0.0350. The van der Waals surface area contributed by atoms with Crippen LogP contribution in [0, 0.1) is 0 Å². The third-order valence-electron chi connectivity index (χ3n) is 3.36. The lowest BCUT2D eigenvalue weighted by atomic mass is 10.2. The quantitative estimate of drug-likeness (QED) is 0.803. The minimum absolute atomic E-state index is 0.0350. The molecule has 2 aromatic rings. The monoisotopic (exact) mass is 370 g/mol. The highest BCUT2D eigenvalue weighted by Gasteiger charge is 2.19. The smallest absolute Gasteiger partial charge is 0.261 e. The normalized spacial score (nSPS) is 12.0. The van der Waals surface area contributed by atoms with E-state index >= 15 is 0 Å². The van der Waals surface area contributed by atoms with Crippen molar-refractivity contribution in [1.29, 1.82) is 0 Å². The molecule has 0 atom stereocenters. The molecule has 0 aliphatic heterocycles. The maximum absolute atomic E-state index is 12.4. The van der Waals surface area contributed by atoms with E-state index in [2.05, 4.69) is 4.72 Å². The average Bonchev–Trinajstić information content (AvgIpc) is 2.53. The van der Waals surface area contributed by atoms with Crippen molar-refractivity contribution in [2.75, 3.05) is 11.8 Å². The molecule has 0 bridgehead atoms. The Bertz CT molecular complexity index is 936. The molecule has 7 nitrogen and oxygen atoms in total. The fraction of sp³-hybridized carbons (Fsp3) is 0.200. The zero-order valence-corrected chi connectivity index (χ0v) is 14.8. The first-order chi connectivity index (χ1) is 11.2. The molecule has 2 rings (SSSR count). The Morgan fingerprint density at radius 2 is 1.67 bits per heavy atom. The van der Waals surface area contributed by atoms with Gasteiger partial charge in [0.1, 0.15) is 10.6 Å². The number of aryl methyl sites for hydroxylation is 1. The molecule has 9 heteroatoms. The molecule has 0 heterocycles. The fourth-order valence-electron chi connectivity index (χ4n) is 2.08. The van der Waals surface area contributed by atoms with Crippen molar-refractivity contribution in [2.45, 2.75) is 23.1 Å². The van der Waals surface area contributed by atoms with E-state index < -0.39 is 20.0 Å². The lowest BCUT2D eigenvalue weighted by Gasteiger charge is -2.12. The summed E-state index contributed by atoms with van der Waals surface area (Å²) >= 11 is 0. The van der Waals surface area contributed by atoms with Crippen LogP contribution in [-0.4, -0.2) is 23.9 Å². The van der Waals surface area contributed by atoms with Gasteiger partial charge in [0.05, 0.1) is 17.7 Å². The first kappa shape index (κ1) is 18.2. The third-order valence-corrected chi connectivity index (χ3v) is 5.69. The minimum atomic E-state index is -4.06. The summed E-state index contributed by atoms with van der Waals surface area (Å²) in [5.41, 5.74) is 1.08. The van der Waals surface area contributed by atoms with Crippen LogP contribution in [0.1, 0.15) is 12.5 Å². The van der Waals surface area contributed by atoms with Crippen molar-refractivity contribution in [3.8, 4) is 5.75 Å². The molecule has 0 aliphatic carbocycles. The standard InChI is InChI=1S/C15H18N2O5S2/c1-3-11-4-7-13(8-5-11)24(20,21)17-12-6-9-14(22-2)15(10-12)23(16,18)19/h4-10,17H,3H2,1-2H3,(H2,16,18,19). The van der Waals surface area contributed by atoms with Crippen LogP contribution in [0.4, 0.5) is 5.69 Å². The highest BCUT2D eigenvalue weighted by atomic mass is 32.2. The van der Waals surface area contributed by atoms with E-state index in [9.17, 15) is 16.8 Å². The van der Waals surface area contributed by atoms with Gasteiger partial charge < -0.3 is 4.74 Å². The number of sulfonamides is 2. The Labute approximate surface area is 141 Å². The van der Waals surface area contributed by atoms with Gasteiger partial charge in [0, 0.05) is 0 Å². The first-order valence-corrected chi connectivity index (χ1v) is 10.0. The average molecular weight is 370 g/mol. The van der Waals surface area contributed by atoms with Gasteiger partial charge in [-0.2, -0.15) is 0 Å². The predicted molar refractivity (Wildman–Crippen MR) is 91.0 cm³/mol. The topological polar surface area (TPSA) is 116 Å². The van der Waals surface area contributed by atoms with Crippen LogP contribution in [0.2, 0.25) is 0 Å². The molecule has 0 aromatic heterocycles. The minimum Gasteiger partial charge on any atom is -0.495 e. The van der Waals surface area contributed by atoms with Gasteiger partial charge >= 0.3 is 0 Å². The molecular weight excluding hydrogens is 352 g/mol. The maximum atomic E-state index is 12.4. The summed E-state index contributed by atoms with van der Waals surface area (Å²) in [7, 11) is -6.61. The second-order valence-electron chi connectivity index (χ2n) is 5.01. The van der Waals surface area contributed by atoms with Crippen LogP contribution in [0.15, 0.2) is 52.3 Å². The molecule has 0 unspecified atom stereocenters. The number of nitrogens with two attached hydrogens (primary N) is 1. The SMILES string of the molecule is CCc1ccc(S(=O)(=O)Nc2ccc(OC)c(S(N)(=O)=O)c2)cc1. The maximum Gasteiger partial charge on any atom is 0.261 e. The van der Waals surface area contributed by atoms with Crippen molar-refractivity contribution in [3.05, 3.63) is 48.0 Å². The lowest BCUT2D eigenvalue weighted by Crippen LogP contribution is -2.16. The van der Waals surface area contributed by atoms with Crippen molar-refractivity contribution in [3.63, 3.8) is 0 Å². The van der Waals surface area contributed by atoms with Gasteiger partial charge in [-0.3, -0.25) is 4.72 Å². The number of benzene rings is 2. The molecule has 0 fully saturated rings. The molecule has 2 aromatic carbocycles. The highest BCUT2D eigenvalue weighted by Crippen LogP contribution is 2.27. The third kappa shape index (κ3) is 4.05. The molecule has 0 saturated carbocycles. The number of ether oxygens (including phenoxy) is 1. The summed E-state index contributed by atoms with van der Waals surface area (Å²) in [4.78, 5) is -0.223. The van der Waals surface area contributed by atoms with Crippen molar-refractivity contribution >= 4 is 25.7 Å². The molecular formula is C15H18N2O5S2. The number of nitrogens with one attached hydrogen (secondary N) is 1. The number of anilines is 1. The Balaban J connectivity index is 2.39. The van der Waals surface area contributed by atoms with E-state index in [4.69, 9.17) is 9.88 Å². The van der Waals surface area contributed by atoms with Crippen LogP contribution >= 0.6 is 0 Å². The summed E-state index contributed by atoms with van der Waals surface area (Å²) in [6.07, 6.45) is 0.796. The number of hydrogen-bond acceptors (Lipinski definition) is 5. The number of hydrogen-bond donors (Lipinski definition) is 2. The lowest BCUT2D eigenvalue weighted by molar-refractivity contribution is 0.403. The molecule has 0 saturated heterocycles. The molecule has 0 amide bonds. The van der Waals surface area contributed by atoms with E-state index in [0.717, 1.165) is 18.1 Å². The van der Waals surface area contributed by atoms with Gasteiger partial charge in [-0.1, -0.05) is 19.1 Å². The zero-order valence-electron chi connectivity index (χ0n) is 13.2. The molecule has 130 valence electrons. The molecule has 3 N–H and O–H groups in total. The van der Waals surface area contributed by atoms with E-state index in [0.29, 0.717) is 0 Å². The van der Waals surface area contributed by atoms with E-state index in [1.54, 1.807) is 12.1 Å². The number of methoxy groups -OCH3 is 1. The highest BCUT2D eigenvalue weighted by molar-refractivity contribution is 7.92. The molecule has 0 spiro atoms. The second kappa shape index (κ2) is 6.80. The second-order valence-corrected chi connectivity index (χ2v) is 8.23. The van der Waals surface area contributed by atoms with Gasteiger partial charge in [-0.15, -0.1) is 0 Å². The van der Waals surface area contributed by atoms with E-state index in [1.807, 2.05) is 6.92 Å². The van der Waals surface area contributed by atoms with Gasteiger partial charge in [0.15, 0.2) is 0 Å². The summed E-state index contributed by atoms with van der Waals surface area (Å²) in [6.45, 7) is 1.97. The largest absolute Gasteiger partial charge is 0.495 e. The van der Waals surface area contributed by atoms with Crippen LogP contribution < -0.4 is 14.6 Å². The van der Waals surface area contributed by atoms with Crippen LogP contribution in [0.25, 0.3) is 0 Å². The molecule has 0 aliphatic rings. The Morgan fingerprint density at radius 3 is 2.17 bits per heavy atom. The summed E-state index contributed by atoms with van der Waals surface area (Å²) in [5, 5.41) is 5.12. The molecule has 24 heavy (non-hydrogen) atoms. The number of rotatable bonds is 6. The van der Waals surface area contributed by atoms with Gasteiger partial charge in [-0.25, -0.2) is 22.0 Å². The van der Waals surface area contributed by atoms with Crippen molar-refractivity contribution in [1.82, 2.24) is 0 Å². The van der Waals surface area contributed by atoms with E-state index in [-0.39, 0.29) is 21.2 Å². The van der Waals surface area contributed by atoms with E-state index in [1.165, 1.54) is 31.4 Å². The van der Waals surface area contributed by atoms with Crippen LogP contribution in [0.3, 0.4) is 0 Å². The predicted octanol–water partition coefficient (Wildman–Crippen LogP) is 1.71. The fourth-order valence-corrected chi connectivity index (χ4v) is 3.85.